The third-order valence-corrected chi connectivity index (χ3v) is 4.13. The van der Waals surface area contributed by atoms with E-state index in [9.17, 15) is 9.59 Å². The maximum atomic E-state index is 12.0. The average molecular weight is 254 g/mol. The third-order valence-electron chi connectivity index (χ3n) is 4.13. The number of amides is 2. The minimum Gasteiger partial charge on any atom is -0.383 e. The van der Waals surface area contributed by atoms with Gasteiger partial charge >= 0.3 is 0 Å². The quantitative estimate of drug-likeness (QED) is 0.670. The first-order valence-electron chi connectivity index (χ1n) is 6.74. The minimum atomic E-state index is -0.149. The Kier molecular flexibility index (Phi) is 4.58. The number of carbonyl (C=O) groups is 2. The van der Waals surface area contributed by atoms with Crippen LogP contribution in [0, 0.1) is 17.8 Å². The van der Waals surface area contributed by atoms with Crippen LogP contribution in [0.4, 0.5) is 0 Å². The molecule has 0 heterocycles. The zero-order chi connectivity index (χ0) is 13.0. The Balaban J connectivity index is 1.64. The molecule has 2 bridgehead atoms. The van der Waals surface area contributed by atoms with Crippen LogP contribution in [-0.4, -0.2) is 38.6 Å². The van der Waals surface area contributed by atoms with Crippen LogP contribution in [0.5, 0.6) is 0 Å². The summed E-state index contributed by atoms with van der Waals surface area (Å²) in [7, 11) is 1.59. The van der Waals surface area contributed by atoms with E-state index in [2.05, 4.69) is 10.6 Å². The first kappa shape index (κ1) is 13.3. The molecule has 102 valence electrons. The fourth-order valence-electron chi connectivity index (χ4n) is 3.22. The Morgan fingerprint density at radius 1 is 1.22 bits per heavy atom. The van der Waals surface area contributed by atoms with Gasteiger partial charge in [-0.2, -0.15) is 0 Å². The van der Waals surface area contributed by atoms with Crippen LogP contribution in [0.1, 0.15) is 25.7 Å². The molecular weight excluding hydrogens is 232 g/mol. The van der Waals surface area contributed by atoms with E-state index in [1.807, 2.05) is 0 Å². The Morgan fingerprint density at radius 3 is 2.67 bits per heavy atom. The summed E-state index contributed by atoms with van der Waals surface area (Å²) < 4.78 is 4.83. The second-order valence-corrected chi connectivity index (χ2v) is 5.34. The molecule has 0 saturated heterocycles. The van der Waals surface area contributed by atoms with Crippen molar-refractivity contribution in [3.8, 4) is 0 Å². The molecule has 2 rings (SSSR count). The smallest absolute Gasteiger partial charge is 0.239 e. The minimum absolute atomic E-state index is 0.0593. The summed E-state index contributed by atoms with van der Waals surface area (Å²) >= 11 is 0. The fraction of sp³-hybridized carbons (Fsp3) is 0.846. The van der Waals surface area contributed by atoms with Gasteiger partial charge in [0.15, 0.2) is 0 Å². The molecule has 2 aliphatic carbocycles. The molecule has 2 fully saturated rings. The van der Waals surface area contributed by atoms with E-state index in [-0.39, 0.29) is 24.3 Å². The molecule has 3 unspecified atom stereocenters. The summed E-state index contributed by atoms with van der Waals surface area (Å²) in [4.78, 5) is 23.4. The Bertz CT molecular complexity index is 319. The lowest BCUT2D eigenvalue weighted by Crippen LogP contribution is -2.41. The highest BCUT2D eigenvalue weighted by atomic mass is 16.5. The number of ether oxygens (including phenoxy) is 1. The summed E-state index contributed by atoms with van der Waals surface area (Å²) in [6.45, 7) is 1.06. The molecule has 5 heteroatoms. The van der Waals surface area contributed by atoms with Gasteiger partial charge in [-0.1, -0.05) is 6.42 Å². The summed E-state index contributed by atoms with van der Waals surface area (Å²) in [6, 6.07) is 0. The molecule has 0 aromatic heterocycles. The molecule has 18 heavy (non-hydrogen) atoms. The summed E-state index contributed by atoms with van der Waals surface area (Å²) in [5.74, 6) is 1.37. The predicted molar refractivity (Wildman–Crippen MR) is 66.8 cm³/mol. The molecule has 0 aromatic rings. The highest BCUT2D eigenvalue weighted by Gasteiger charge is 2.42. The standard InChI is InChI=1S/C13H22N2O3/c1-18-5-4-14-12(16)8-15-13(17)11-7-9-2-3-10(11)6-9/h9-11H,2-8H2,1H3,(H,14,16)(H,15,17). The predicted octanol–water partition coefficient (Wildman–Crippen LogP) is 0.301. The number of hydrogen-bond donors (Lipinski definition) is 2. The van der Waals surface area contributed by atoms with E-state index in [1.54, 1.807) is 7.11 Å². The summed E-state index contributed by atoms with van der Waals surface area (Å²) in [5.41, 5.74) is 0. The molecule has 0 aliphatic heterocycles. The van der Waals surface area contributed by atoms with Crippen molar-refractivity contribution in [3.63, 3.8) is 0 Å². The molecule has 2 amide bonds. The van der Waals surface area contributed by atoms with Crippen LogP contribution in [0.25, 0.3) is 0 Å². The summed E-state index contributed by atoms with van der Waals surface area (Å²) in [6.07, 6.45) is 4.69. The molecule has 2 aliphatic rings. The van der Waals surface area contributed by atoms with E-state index < -0.39 is 0 Å². The molecule has 0 radical (unpaired) electrons. The Morgan fingerprint density at radius 2 is 2.06 bits per heavy atom. The Hall–Kier alpha value is -1.10. The highest BCUT2D eigenvalue weighted by molar-refractivity contribution is 5.86. The van der Waals surface area contributed by atoms with Gasteiger partial charge in [0.25, 0.3) is 0 Å². The molecule has 0 aromatic carbocycles. The van der Waals surface area contributed by atoms with Crippen molar-refractivity contribution in [2.45, 2.75) is 25.7 Å². The zero-order valence-electron chi connectivity index (χ0n) is 10.9. The largest absolute Gasteiger partial charge is 0.383 e. The monoisotopic (exact) mass is 254 g/mol. The molecule has 0 spiro atoms. The van der Waals surface area contributed by atoms with Gasteiger partial charge in [0.1, 0.15) is 0 Å². The molecule has 5 nitrogen and oxygen atoms in total. The van der Waals surface area contributed by atoms with E-state index in [1.165, 1.54) is 19.3 Å². The maximum Gasteiger partial charge on any atom is 0.239 e. The average Bonchev–Trinajstić information content (AvgIpc) is 2.98. The normalized spacial score (nSPS) is 29.3. The van der Waals surface area contributed by atoms with Crippen molar-refractivity contribution in [1.29, 1.82) is 0 Å². The number of rotatable bonds is 6. The van der Waals surface area contributed by atoms with E-state index >= 15 is 0 Å². The highest BCUT2D eigenvalue weighted by Crippen LogP contribution is 2.48. The van der Waals surface area contributed by atoms with Gasteiger partial charge in [-0.25, -0.2) is 0 Å². The van der Waals surface area contributed by atoms with Gasteiger partial charge in [-0.15, -0.1) is 0 Å². The van der Waals surface area contributed by atoms with E-state index in [0.717, 1.165) is 12.3 Å². The van der Waals surface area contributed by atoms with Gasteiger partial charge in [0.2, 0.25) is 11.8 Å². The van der Waals surface area contributed by atoms with Crippen LogP contribution in [0.2, 0.25) is 0 Å². The first-order valence-corrected chi connectivity index (χ1v) is 6.74. The number of carbonyl (C=O) groups excluding carboxylic acids is 2. The van der Waals surface area contributed by atoms with Gasteiger partial charge in [-0.05, 0) is 31.1 Å². The van der Waals surface area contributed by atoms with Crippen molar-refractivity contribution < 1.29 is 14.3 Å². The molecular formula is C13H22N2O3. The van der Waals surface area contributed by atoms with Gasteiger partial charge in [-0.3, -0.25) is 9.59 Å². The molecule has 2 saturated carbocycles. The number of hydrogen-bond acceptors (Lipinski definition) is 3. The van der Waals surface area contributed by atoms with Crippen LogP contribution >= 0.6 is 0 Å². The third kappa shape index (κ3) is 3.22. The van der Waals surface area contributed by atoms with Crippen molar-refractivity contribution in [1.82, 2.24) is 10.6 Å². The zero-order valence-corrected chi connectivity index (χ0v) is 10.9. The second kappa shape index (κ2) is 6.18. The number of fused-ring (bicyclic) bond motifs is 2. The SMILES string of the molecule is COCCNC(=O)CNC(=O)C1CC2CCC1C2. The van der Waals surface area contributed by atoms with Crippen LogP contribution in [-0.2, 0) is 14.3 Å². The van der Waals surface area contributed by atoms with Gasteiger partial charge in [0.05, 0.1) is 13.2 Å². The first-order chi connectivity index (χ1) is 8.70. The van der Waals surface area contributed by atoms with Gasteiger partial charge in [0, 0.05) is 19.6 Å². The summed E-state index contributed by atoms with van der Waals surface area (Å²) in [5, 5.41) is 5.43. The van der Waals surface area contributed by atoms with Crippen molar-refractivity contribution in [2.75, 3.05) is 26.8 Å². The van der Waals surface area contributed by atoms with E-state index in [4.69, 9.17) is 4.74 Å². The lowest BCUT2D eigenvalue weighted by atomic mass is 9.88. The number of nitrogens with one attached hydrogen (secondary N) is 2. The van der Waals surface area contributed by atoms with Crippen LogP contribution in [0.15, 0.2) is 0 Å². The van der Waals surface area contributed by atoms with Crippen molar-refractivity contribution >= 4 is 11.8 Å². The Labute approximate surface area is 108 Å². The van der Waals surface area contributed by atoms with Crippen molar-refractivity contribution in [2.24, 2.45) is 17.8 Å². The molecule has 2 N–H and O–H groups in total. The second-order valence-electron chi connectivity index (χ2n) is 5.34. The lowest BCUT2D eigenvalue weighted by molar-refractivity contribution is -0.129. The topological polar surface area (TPSA) is 67.4 Å². The lowest BCUT2D eigenvalue weighted by Gasteiger charge is -2.20. The van der Waals surface area contributed by atoms with E-state index in [0.29, 0.717) is 19.1 Å². The molecule has 3 atom stereocenters. The van der Waals surface area contributed by atoms with Crippen LogP contribution < -0.4 is 10.6 Å². The van der Waals surface area contributed by atoms with Crippen LogP contribution in [0.3, 0.4) is 0 Å². The van der Waals surface area contributed by atoms with Gasteiger partial charge < -0.3 is 15.4 Å². The number of methoxy groups -OCH3 is 1. The maximum absolute atomic E-state index is 12.0. The van der Waals surface area contributed by atoms with Crippen molar-refractivity contribution in [3.05, 3.63) is 0 Å². The fourth-order valence-corrected chi connectivity index (χ4v) is 3.22.